The second-order valence-corrected chi connectivity index (χ2v) is 23.3. The molecule has 0 saturated heterocycles. The Morgan fingerprint density at radius 1 is 0.234 bits per heavy atom. The molecule has 12 nitrogen and oxygen atoms in total. The standard InChI is InChI=1S/C48H24N8.C32H20N4.2Pt/c1-2-10-26-18-34-33(17-25(26)9-1)41-49-42(34)54-44-37-21-29-13-5-6-14-30(29)22-38(37)46(51-44)56-48-40-24-32-16-8-7-15-31(32)23-39(40)47(52-48)55-45-36-20-28-12-4-3-11-27(28)19-35(36)43(50-45)53-41;1-3-7-21(8-4-1)31-27-15-11-23(33-27)19-25-13-17-29(35-25)32(22-9-5-2-6-10-22)30-18-14-26(36-30)20-24-12-16-28(31)34-24;;/h1-24H;1-20H;;/q;-2;;+2. The number of rotatable bonds is 2. The van der Waals surface area contributed by atoms with Gasteiger partial charge in [0.2, 0.25) is 0 Å². The van der Waals surface area contributed by atoms with E-state index in [1.807, 2.05) is 121 Å². The monoisotopic (exact) mass is 1560 g/mol. The second kappa shape index (κ2) is 22.8. The van der Waals surface area contributed by atoms with Gasteiger partial charge in [-0.2, -0.15) is 0 Å². The second-order valence-electron chi connectivity index (χ2n) is 23.3. The van der Waals surface area contributed by atoms with Crippen LogP contribution in [0.5, 0.6) is 0 Å². The van der Waals surface area contributed by atoms with E-state index < -0.39 is 0 Å². The third-order valence-electron chi connectivity index (χ3n) is 17.6. The smallest absolute Gasteiger partial charge is 0.657 e. The van der Waals surface area contributed by atoms with Crippen LogP contribution in [-0.2, 0) is 42.1 Å². The zero-order valence-electron chi connectivity index (χ0n) is 49.4. The van der Waals surface area contributed by atoms with Crippen molar-refractivity contribution in [2.24, 2.45) is 39.9 Å². The van der Waals surface area contributed by atoms with Gasteiger partial charge in [0.05, 0.1) is 22.8 Å². The average Bonchev–Trinajstić information content (AvgIpc) is 1.59. The number of nitrogens with zero attached hydrogens (tertiary/aromatic N) is 12. The first kappa shape index (κ1) is 56.6. The molecule has 0 atom stereocenters. The molecule has 0 spiro atoms. The van der Waals surface area contributed by atoms with E-state index in [1.165, 1.54) is 0 Å². The van der Waals surface area contributed by atoms with Gasteiger partial charge in [-0.25, -0.2) is 49.9 Å². The first-order chi connectivity index (χ1) is 45.5. The Bertz CT molecular complexity index is 5390. The fourth-order valence-electron chi connectivity index (χ4n) is 13.2. The summed E-state index contributed by atoms with van der Waals surface area (Å²) < 4.78 is 0. The molecule has 10 heterocycles. The van der Waals surface area contributed by atoms with Crippen molar-refractivity contribution in [2.45, 2.75) is 0 Å². The van der Waals surface area contributed by atoms with Crippen molar-refractivity contribution in [2.75, 3.05) is 0 Å². The van der Waals surface area contributed by atoms with Gasteiger partial charge >= 0.3 is 21.1 Å². The predicted octanol–water partition coefficient (Wildman–Crippen LogP) is 16.7. The summed E-state index contributed by atoms with van der Waals surface area (Å²) >= 11 is 0. The quantitative estimate of drug-likeness (QED) is 0.169. The maximum Gasteiger partial charge on any atom is 2.00 e. The van der Waals surface area contributed by atoms with Crippen LogP contribution in [0.1, 0.15) is 67.3 Å². The van der Waals surface area contributed by atoms with Gasteiger partial charge in [-0.1, -0.05) is 194 Å². The van der Waals surface area contributed by atoms with Gasteiger partial charge in [0.1, 0.15) is 0 Å². The van der Waals surface area contributed by atoms with Gasteiger partial charge in [-0.3, -0.25) is 0 Å². The number of aromatic nitrogens is 4. The minimum absolute atomic E-state index is 0. The number of benzene rings is 10. The molecule has 0 saturated carbocycles. The molecule has 0 radical (unpaired) electrons. The molecule has 13 aromatic rings. The molecule has 0 N–H and O–H groups in total. The van der Waals surface area contributed by atoms with E-state index in [4.69, 9.17) is 59.9 Å². The third kappa shape index (κ3) is 9.77. The Labute approximate surface area is 566 Å². The Morgan fingerprint density at radius 2 is 0.468 bits per heavy atom. The summed E-state index contributed by atoms with van der Waals surface area (Å²) in [5.41, 5.74) is 18.3. The number of fused-ring (bicyclic) bond motifs is 28. The normalized spacial score (nSPS) is 14.2. The average molecular weight is 1560 g/mol. The molecule has 0 unspecified atom stereocenters. The molecular formula is C80H44N12Pt2. The fourth-order valence-corrected chi connectivity index (χ4v) is 13.2. The molecule has 3 aromatic heterocycles. The van der Waals surface area contributed by atoms with Crippen LogP contribution in [-0.4, -0.2) is 56.7 Å². The van der Waals surface area contributed by atoms with Crippen LogP contribution in [0, 0.1) is 0 Å². The molecule has 0 aliphatic carbocycles. The molecule has 20 rings (SSSR count). The van der Waals surface area contributed by atoms with Crippen LogP contribution < -0.4 is 9.97 Å². The van der Waals surface area contributed by atoms with Crippen LogP contribution in [0.3, 0.4) is 0 Å². The van der Waals surface area contributed by atoms with E-state index in [0.29, 0.717) is 46.7 Å². The summed E-state index contributed by atoms with van der Waals surface area (Å²) in [5.74, 6) is 4.28. The maximum atomic E-state index is 5.24. The van der Waals surface area contributed by atoms with Gasteiger partial charge in [0.25, 0.3) is 0 Å². The van der Waals surface area contributed by atoms with Crippen molar-refractivity contribution in [3.8, 4) is 22.3 Å². The first-order valence-corrected chi connectivity index (χ1v) is 30.4. The summed E-state index contributed by atoms with van der Waals surface area (Å²) in [4.78, 5) is 61.4. The topological polar surface area (TPSA) is 153 Å². The molecular weight excluding hydrogens is 1520 g/mol. The van der Waals surface area contributed by atoms with Crippen LogP contribution in [0.15, 0.2) is 283 Å². The van der Waals surface area contributed by atoms with Gasteiger partial charge in [0.15, 0.2) is 46.7 Å². The van der Waals surface area contributed by atoms with Gasteiger partial charge in [-0.05, 0) is 138 Å². The summed E-state index contributed by atoms with van der Waals surface area (Å²) in [6, 6.07) is 83.2. The Balaban J connectivity index is 0.000000154. The van der Waals surface area contributed by atoms with Crippen molar-refractivity contribution < 1.29 is 42.1 Å². The summed E-state index contributed by atoms with van der Waals surface area (Å²) in [6.07, 6.45) is 8.18. The molecule has 16 bridgehead atoms. The van der Waals surface area contributed by atoms with Crippen LogP contribution >= 0.6 is 0 Å². The Hall–Kier alpha value is -11.4. The van der Waals surface area contributed by atoms with E-state index >= 15 is 0 Å². The third-order valence-corrected chi connectivity index (χ3v) is 17.6. The zero-order chi connectivity index (χ0) is 60.4. The Morgan fingerprint density at radius 3 is 0.713 bits per heavy atom. The fraction of sp³-hybridized carbons (Fsp3) is 0. The molecule has 94 heavy (non-hydrogen) atoms. The maximum absolute atomic E-state index is 5.24. The van der Waals surface area contributed by atoms with Crippen molar-refractivity contribution in [3.05, 3.63) is 310 Å². The largest absolute Gasteiger partial charge is 2.00 e. The van der Waals surface area contributed by atoms with Crippen LogP contribution in [0.2, 0.25) is 0 Å². The molecule has 7 aliphatic rings. The van der Waals surface area contributed by atoms with E-state index in [-0.39, 0.29) is 42.1 Å². The van der Waals surface area contributed by atoms with Gasteiger partial charge in [0, 0.05) is 65.6 Å². The number of aliphatic imine (C=N–C) groups is 8. The van der Waals surface area contributed by atoms with Gasteiger partial charge < -0.3 is 9.97 Å². The van der Waals surface area contributed by atoms with E-state index in [0.717, 1.165) is 155 Å². The van der Waals surface area contributed by atoms with Crippen molar-refractivity contribution in [3.63, 3.8) is 0 Å². The summed E-state index contributed by atoms with van der Waals surface area (Å²) in [6.45, 7) is 0. The van der Waals surface area contributed by atoms with Crippen LogP contribution in [0.25, 0.3) is 112 Å². The van der Waals surface area contributed by atoms with Crippen LogP contribution in [0.4, 0.5) is 0 Å². The van der Waals surface area contributed by atoms with E-state index in [9.17, 15) is 0 Å². The number of hydrogen-bond acceptors (Lipinski definition) is 10. The summed E-state index contributed by atoms with van der Waals surface area (Å²) in [7, 11) is 0. The van der Waals surface area contributed by atoms with Crippen molar-refractivity contribution in [1.82, 2.24) is 19.9 Å². The summed E-state index contributed by atoms with van der Waals surface area (Å²) in [5, 5.41) is 8.70. The molecule has 7 aliphatic heterocycles. The van der Waals surface area contributed by atoms with Crippen molar-refractivity contribution >= 4 is 136 Å². The number of hydrogen-bond donors (Lipinski definition) is 0. The molecule has 444 valence electrons. The first-order valence-electron chi connectivity index (χ1n) is 30.4. The van der Waals surface area contributed by atoms with E-state index in [1.54, 1.807) is 0 Å². The molecule has 14 heteroatoms. The van der Waals surface area contributed by atoms with E-state index in [2.05, 4.69) is 146 Å². The zero-order valence-corrected chi connectivity index (χ0v) is 53.9. The Kier molecular flexibility index (Phi) is 13.7. The number of amidine groups is 8. The molecule has 0 fully saturated rings. The molecule has 10 aromatic carbocycles. The van der Waals surface area contributed by atoms with Crippen molar-refractivity contribution in [1.29, 1.82) is 0 Å². The van der Waals surface area contributed by atoms with Gasteiger partial charge in [-0.15, -0.1) is 22.1 Å². The minimum Gasteiger partial charge on any atom is -0.657 e. The minimum atomic E-state index is 0. The predicted molar refractivity (Wildman–Crippen MR) is 376 cm³/mol. The SMILES string of the molecule is C1=Cc2nc1cc1ccc([n-]1)c(-c1ccccc1)c1nc(cc3ccc([n-]3)c2-c2ccccc2)C=C1.[Pt+2].[Pt].c1ccc2cc3c(cc2c1)C1=NC3=NC2=NC(=NC3=NC(=NC4=NC(=N1)c1cc5ccccc5cc14)c1cc4ccccc4cc13)c1cc3ccccc3cc12. The molecule has 0 amide bonds.